The molecular weight excluding hydrogens is 272 g/mol. The van der Waals surface area contributed by atoms with Gasteiger partial charge in [0.05, 0.1) is 31.6 Å². The van der Waals surface area contributed by atoms with E-state index < -0.39 is 5.97 Å². The topological polar surface area (TPSA) is 67.9 Å². The van der Waals surface area contributed by atoms with Crippen LogP contribution in [0.15, 0.2) is 18.2 Å². The van der Waals surface area contributed by atoms with E-state index in [1.165, 1.54) is 7.11 Å². The molecule has 21 heavy (non-hydrogen) atoms. The number of morpholine rings is 1. The molecule has 1 N–H and O–H groups in total. The highest BCUT2D eigenvalue weighted by molar-refractivity contribution is 5.99. The number of nitrogens with zero attached hydrogens (tertiary/aromatic N) is 1. The first-order valence-corrected chi connectivity index (χ1v) is 7.00. The summed E-state index contributed by atoms with van der Waals surface area (Å²) in [7, 11) is 1.35. The number of amides is 1. The molecule has 0 unspecified atom stereocenters. The summed E-state index contributed by atoms with van der Waals surface area (Å²) in [4.78, 5) is 25.5. The molecule has 1 fully saturated rings. The Morgan fingerprint density at radius 1 is 1.33 bits per heavy atom. The van der Waals surface area contributed by atoms with E-state index >= 15 is 0 Å². The molecule has 1 heterocycles. The average molecular weight is 292 g/mol. The van der Waals surface area contributed by atoms with E-state index in [0.29, 0.717) is 30.9 Å². The zero-order chi connectivity index (χ0) is 15.2. The first-order chi connectivity index (χ1) is 10.2. The van der Waals surface area contributed by atoms with Crippen LogP contribution in [0.4, 0.5) is 11.4 Å². The second kappa shape index (κ2) is 7.08. The predicted molar refractivity (Wildman–Crippen MR) is 79.7 cm³/mol. The number of anilines is 2. The van der Waals surface area contributed by atoms with Crippen molar-refractivity contribution in [1.82, 2.24) is 0 Å². The fourth-order valence-electron chi connectivity index (χ4n) is 2.22. The Labute approximate surface area is 124 Å². The van der Waals surface area contributed by atoms with Crippen molar-refractivity contribution in [1.29, 1.82) is 0 Å². The quantitative estimate of drug-likeness (QED) is 0.855. The van der Waals surface area contributed by atoms with E-state index in [2.05, 4.69) is 10.2 Å². The Kier molecular flexibility index (Phi) is 5.16. The van der Waals surface area contributed by atoms with Crippen LogP contribution in [0.25, 0.3) is 0 Å². The Hall–Kier alpha value is -2.08. The molecule has 114 valence electrons. The molecule has 6 heteroatoms. The highest BCUT2D eigenvalue weighted by Gasteiger charge is 2.20. The Morgan fingerprint density at radius 2 is 2.05 bits per heavy atom. The molecule has 0 aromatic heterocycles. The van der Waals surface area contributed by atoms with Gasteiger partial charge in [0, 0.05) is 25.2 Å². The van der Waals surface area contributed by atoms with Gasteiger partial charge in [0.1, 0.15) is 0 Å². The Balaban J connectivity index is 2.30. The zero-order valence-electron chi connectivity index (χ0n) is 12.3. The highest BCUT2D eigenvalue weighted by atomic mass is 16.5. The SMILES string of the molecule is CCC(=O)Nc1ccc(N2CCOCC2)c(C(=O)OC)c1. The molecule has 0 spiro atoms. The lowest BCUT2D eigenvalue weighted by Gasteiger charge is -2.30. The molecule has 0 aliphatic carbocycles. The van der Waals surface area contributed by atoms with Gasteiger partial charge in [-0.2, -0.15) is 0 Å². The number of carbonyl (C=O) groups is 2. The van der Waals surface area contributed by atoms with Crippen LogP contribution in [-0.4, -0.2) is 45.3 Å². The lowest BCUT2D eigenvalue weighted by atomic mass is 10.1. The summed E-state index contributed by atoms with van der Waals surface area (Å²) in [5, 5.41) is 2.75. The van der Waals surface area contributed by atoms with E-state index in [4.69, 9.17) is 9.47 Å². The number of esters is 1. The van der Waals surface area contributed by atoms with Gasteiger partial charge in [0.2, 0.25) is 5.91 Å². The first kappa shape index (κ1) is 15.3. The van der Waals surface area contributed by atoms with Crippen molar-refractivity contribution in [2.75, 3.05) is 43.6 Å². The number of methoxy groups -OCH3 is 1. The van der Waals surface area contributed by atoms with Crippen molar-refractivity contribution >= 4 is 23.3 Å². The molecule has 0 radical (unpaired) electrons. The molecular formula is C15H20N2O4. The van der Waals surface area contributed by atoms with Gasteiger partial charge in [0.15, 0.2) is 0 Å². The number of carbonyl (C=O) groups excluding carboxylic acids is 2. The van der Waals surface area contributed by atoms with Gasteiger partial charge >= 0.3 is 5.97 Å². The number of hydrogen-bond acceptors (Lipinski definition) is 5. The van der Waals surface area contributed by atoms with Crippen molar-refractivity contribution in [3.63, 3.8) is 0 Å². The third-order valence-corrected chi connectivity index (χ3v) is 3.36. The van der Waals surface area contributed by atoms with Crippen LogP contribution in [0, 0.1) is 0 Å². The largest absolute Gasteiger partial charge is 0.465 e. The molecule has 2 rings (SSSR count). The number of hydrogen-bond donors (Lipinski definition) is 1. The highest BCUT2D eigenvalue weighted by Crippen LogP contribution is 2.26. The van der Waals surface area contributed by atoms with Crippen LogP contribution in [0.1, 0.15) is 23.7 Å². The van der Waals surface area contributed by atoms with Gasteiger partial charge in [-0.25, -0.2) is 4.79 Å². The molecule has 1 amide bonds. The molecule has 1 saturated heterocycles. The normalized spacial score (nSPS) is 14.7. The van der Waals surface area contributed by atoms with Gasteiger partial charge < -0.3 is 19.7 Å². The number of benzene rings is 1. The maximum absolute atomic E-state index is 12.0. The monoisotopic (exact) mass is 292 g/mol. The maximum Gasteiger partial charge on any atom is 0.340 e. The van der Waals surface area contributed by atoms with E-state index in [9.17, 15) is 9.59 Å². The molecule has 1 aromatic rings. The van der Waals surface area contributed by atoms with E-state index in [1.807, 2.05) is 6.07 Å². The summed E-state index contributed by atoms with van der Waals surface area (Å²) in [6, 6.07) is 5.29. The first-order valence-electron chi connectivity index (χ1n) is 7.00. The second-order valence-electron chi connectivity index (χ2n) is 4.72. The average Bonchev–Trinajstić information content (AvgIpc) is 2.54. The van der Waals surface area contributed by atoms with Crippen LogP contribution >= 0.6 is 0 Å². The number of ether oxygens (including phenoxy) is 2. The van der Waals surface area contributed by atoms with Gasteiger partial charge in [-0.1, -0.05) is 6.92 Å². The fraction of sp³-hybridized carbons (Fsp3) is 0.467. The molecule has 1 aliphatic rings. The molecule has 6 nitrogen and oxygen atoms in total. The summed E-state index contributed by atoms with van der Waals surface area (Å²) in [5.41, 5.74) is 1.85. The number of nitrogens with one attached hydrogen (secondary N) is 1. The third kappa shape index (κ3) is 3.72. The summed E-state index contributed by atoms with van der Waals surface area (Å²) < 4.78 is 10.2. The lowest BCUT2D eigenvalue weighted by Crippen LogP contribution is -2.37. The molecule has 0 saturated carbocycles. The van der Waals surface area contributed by atoms with Crippen molar-refractivity contribution in [2.24, 2.45) is 0 Å². The van der Waals surface area contributed by atoms with Gasteiger partial charge in [-0.05, 0) is 18.2 Å². The Bertz CT molecular complexity index is 524. The summed E-state index contributed by atoms with van der Waals surface area (Å²) >= 11 is 0. The summed E-state index contributed by atoms with van der Waals surface area (Å²) in [6.45, 7) is 4.50. The lowest BCUT2D eigenvalue weighted by molar-refractivity contribution is -0.115. The molecule has 0 atom stereocenters. The summed E-state index contributed by atoms with van der Waals surface area (Å²) in [6.07, 6.45) is 0.388. The van der Waals surface area contributed by atoms with Gasteiger partial charge in [-0.15, -0.1) is 0 Å². The van der Waals surface area contributed by atoms with Crippen molar-refractivity contribution in [3.8, 4) is 0 Å². The standard InChI is InChI=1S/C15H20N2O4/c1-3-14(18)16-11-4-5-13(12(10-11)15(19)20-2)17-6-8-21-9-7-17/h4-5,10H,3,6-9H2,1-2H3,(H,16,18). The zero-order valence-corrected chi connectivity index (χ0v) is 12.3. The van der Waals surface area contributed by atoms with E-state index in [0.717, 1.165) is 18.8 Å². The van der Waals surface area contributed by atoms with Gasteiger partial charge in [0.25, 0.3) is 0 Å². The van der Waals surface area contributed by atoms with Crippen LogP contribution < -0.4 is 10.2 Å². The second-order valence-corrected chi connectivity index (χ2v) is 4.72. The minimum atomic E-state index is -0.413. The number of rotatable bonds is 4. The summed E-state index contributed by atoms with van der Waals surface area (Å²) in [5.74, 6) is -0.506. The van der Waals surface area contributed by atoms with Crippen molar-refractivity contribution in [3.05, 3.63) is 23.8 Å². The maximum atomic E-state index is 12.0. The van der Waals surface area contributed by atoms with Crippen LogP contribution in [0.2, 0.25) is 0 Å². The van der Waals surface area contributed by atoms with Crippen LogP contribution in [0.5, 0.6) is 0 Å². The van der Waals surface area contributed by atoms with Crippen molar-refractivity contribution in [2.45, 2.75) is 13.3 Å². The predicted octanol–water partition coefficient (Wildman–Crippen LogP) is 1.66. The molecule has 1 aromatic carbocycles. The van der Waals surface area contributed by atoms with Crippen LogP contribution in [-0.2, 0) is 14.3 Å². The smallest absolute Gasteiger partial charge is 0.340 e. The van der Waals surface area contributed by atoms with Crippen molar-refractivity contribution < 1.29 is 19.1 Å². The van der Waals surface area contributed by atoms with Gasteiger partial charge in [-0.3, -0.25) is 4.79 Å². The third-order valence-electron chi connectivity index (χ3n) is 3.36. The van der Waals surface area contributed by atoms with Crippen LogP contribution in [0.3, 0.4) is 0 Å². The molecule has 0 bridgehead atoms. The minimum absolute atomic E-state index is 0.0926. The molecule has 1 aliphatic heterocycles. The Morgan fingerprint density at radius 3 is 2.67 bits per heavy atom. The van der Waals surface area contributed by atoms with E-state index in [-0.39, 0.29) is 5.91 Å². The fourth-order valence-corrected chi connectivity index (χ4v) is 2.22. The van der Waals surface area contributed by atoms with E-state index in [1.54, 1.807) is 19.1 Å². The minimum Gasteiger partial charge on any atom is -0.465 e.